The van der Waals surface area contributed by atoms with Crippen molar-refractivity contribution in [2.45, 2.75) is 57.0 Å². The second-order valence-corrected chi connectivity index (χ2v) is 8.52. The van der Waals surface area contributed by atoms with Crippen LogP contribution in [0.4, 0.5) is 10.8 Å². The van der Waals surface area contributed by atoms with Crippen molar-refractivity contribution in [2.24, 2.45) is 0 Å². The average molecular weight is 386 g/mol. The maximum atomic E-state index is 4.72. The van der Waals surface area contributed by atoms with E-state index in [1.165, 1.54) is 30.4 Å². The predicted octanol–water partition coefficient (Wildman–Crippen LogP) is 5.11. The molecule has 4 rings (SSSR count). The Morgan fingerprint density at radius 3 is 2.96 bits per heavy atom. The Balaban J connectivity index is 1.39. The molecule has 0 amide bonds. The zero-order chi connectivity index (χ0) is 17.9. The fourth-order valence-electron chi connectivity index (χ4n) is 3.08. The summed E-state index contributed by atoms with van der Waals surface area (Å²) in [6, 6.07) is 6.40. The fraction of sp³-hybridized carbons (Fsp3) is 0.421. The lowest BCUT2D eigenvalue weighted by molar-refractivity contribution is 0.591. The number of thioether (sulfide) groups is 1. The van der Waals surface area contributed by atoms with Crippen LogP contribution in [0, 0.1) is 13.8 Å². The molecule has 3 aromatic rings. The number of hydrogen-bond acceptors (Lipinski definition) is 6. The molecule has 26 heavy (non-hydrogen) atoms. The minimum atomic E-state index is 0.823. The van der Waals surface area contributed by atoms with Crippen LogP contribution in [0.15, 0.2) is 28.7 Å². The average Bonchev–Trinajstić information content (AvgIpc) is 3.16. The number of rotatable bonds is 5. The first-order valence-electron chi connectivity index (χ1n) is 9.02. The molecule has 1 aliphatic rings. The third kappa shape index (κ3) is 3.94. The van der Waals surface area contributed by atoms with Gasteiger partial charge in [-0.3, -0.25) is 0 Å². The zero-order valence-electron chi connectivity index (χ0n) is 15.2. The van der Waals surface area contributed by atoms with Crippen LogP contribution in [-0.4, -0.2) is 19.7 Å². The lowest BCUT2D eigenvalue weighted by Gasteiger charge is -2.06. The molecule has 0 spiro atoms. The lowest BCUT2D eigenvalue weighted by Crippen LogP contribution is -2.02. The number of thiazole rings is 1. The molecule has 0 bridgehead atoms. The normalized spacial score (nSPS) is 14.1. The minimum Gasteiger partial charge on any atom is -0.332 e. The van der Waals surface area contributed by atoms with E-state index >= 15 is 0 Å². The van der Waals surface area contributed by atoms with E-state index in [0.717, 1.165) is 46.2 Å². The van der Waals surface area contributed by atoms with E-state index in [2.05, 4.69) is 57.5 Å². The Kier molecular flexibility index (Phi) is 5.26. The van der Waals surface area contributed by atoms with E-state index in [9.17, 15) is 0 Å². The van der Waals surface area contributed by atoms with Crippen molar-refractivity contribution in [3.8, 4) is 0 Å². The van der Waals surface area contributed by atoms with E-state index in [1.54, 1.807) is 23.1 Å². The van der Waals surface area contributed by atoms with Gasteiger partial charge >= 0.3 is 0 Å². The van der Waals surface area contributed by atoms with Gasteiger partial charge in [0, 0.05) is 29.8 Å². The van der Waals surface area contributed by atoms with Gasteiger partial charge in [-0.05, 0) is 49.9 Å². The van der Waals surface area contributed by atoms with Gasteiger partial charge in [-0.25, -0.2) is 4.98 Å². The Morgan fingerprint density at radius 2 is 2.08 bits per heavy atom. The molecule has 1 aromatic carbocycles. The van der Waals surface area contributed by atoms with E-state index < -0.39 is 0 Å². The number of anilines is 2. The van der Waals surface area contributed by atoms with Crippen molar-refractivity contribution in [3.63, 3.8) is 0 Å². The third-order valence-electron chi connectivity index (χ3n) is 4.73. The number of benzene rings is 1. The van der Waals surface area contributed by atoms with E-state index in [4.69, 9.17) is 4.98 Å². The van der Waals surface area contributed by atoms with Gasteiger partial charge in [-0.15, -0.1) is 21.5 Å². The summed E-state index contributed by atoms with van der Waals surface area (Å²) in [6.07, 6.45) is 4.78. The van der Waals surface area contributed by atoms with Crippen molar-refractivity contribution in [3.05, 3.63) is 46.2 Å². The molecule has 0 saturated heterocycles. The summed E-state index contributed by atoms with van der Waals surface area (Å²) in [4.78, 5) is 4.72. The van der Waals surface area contributed by atoms with Crippen molar-refractivity contribution in [2.75, 3.05) is 5.32 Å². The molecule has 0 aliphatic carbocycles. The van der Waals surface area contributed by atoms with Crippen LogP contribution >= 0.6 is 23.1 Å². The number of nitrogens with zero attached hydrogens (tertiary/aromatic N) is 4. The number of aryl methyl sites for hydroxylation is 3. The van der Waals surface area contributed by atoms with Gasteiger partial charge in [-0.1, -0.05) is 24.2 Å². The highest BCUT2D eigenvalue weighted by atomic mass is 32.2. The Morgan fingerprint density at radius 1 is 1.15 bits per heavy atom. The monoisotopic (exact) mass is 385 g/mol. The van der Waals surface area contributed by atoms with Crippen molar-refractivity contribution < 1.29 is 0 Å². The molecular weight excluding hydrogens is 362 g/mol. The van der Waals surface area contributed by atoms with E-state index in [-0.39, 0.29) is 0 Å². The largest absolute Gasteiger partial charge is 0.332 e. The fourth-order valence-corrected chi connectivity index (χ4v) is 4.79. The lowest BCUT2D eigenvalue weighted by atomic mass is 10.1. The van der Waals surface area contributed by atoms with Gasteiger partial charge in [0.2, 0.25) is 0 Å². The Labute approximate surface area is 162 Å². The number of nitrogens with one attached hydrogen (secondary N) is 1. The van der Waals surface area contributed by atoms with E-state index in [1.807, 2.05) is 0 Å². The second kappa shape index (κ2) is 7.80. The SMILES string of the molecule is Cc1ccc(Nc2nc(CSc3nnc4n3CCCCC4)cs2)cc1C. The van der Waals surface area contributed by atoms with Crippen LogP contribution in [0.25, 0.3) is 0 Å². The summed E-state index contributed by atoms with van der Waals surface area (Å²) < 4.78 is 2.29. The smallest absolute Gasteiger partial charge is 0.191 e. The first-order valence-corrected chi connectivity index (χ1v) is 10.9. The highest BCUT2D eigenvalue weighted by molar-refractivity contribution is 7.98. The molecule has 0 saturated carbocycles. The number of hydrogen-bond donors (Lipinski definition) is 1. The van der Waals surface area contributed by atoms with Gasteiger partial charge in [0.15, 0.2) is 10.3 Å². The van der Waals surface area contributed by atoms with Crippen molar-refractivity contribution in [1.82, 2.24) is 19.7 Å². The summed E-state index contributed by atoms with van der Waals surface area (Å²) >= 11 is 3.38. The quantitative estimate of drug-likeness (QED) is 0.618. The Hall–Kier alpha value is -1.86. The molecule has 5 nitrogen and oxygen atoms in total. The standard InChI is InChI=1S/C19H23N5S2/c1-13-7-8-15(10-14(13)2)20-18-21-16(11-25-18)12-26-19-23-22-17-6-4-3-5-9-24(17)19/h7-8,10-11H,3-6,9,12H2,1-2H3,(H,20,21). The molecule has 0 radical (unpaired) electrons. The molecule has 0 fully saturated rings. The van der Waals surface area contributed by atoms with Crippen LogP contribution in [0.2, 0.25) is 0 Å². The van der Waals surface area contributed by atoms with Crippen molar-refractivity contribution >= 4 is 33.9 Å². The zero-order valence-corrected chi connectivity index (χ0v) is 16.8. The van der Waals surface area contributed by atoms with Gasteiger partial charge in [0.1, 0.15) is 5.82 Å². The molecule has 1 N–H and O–H groups in total. The molecule has 136 valence electrons. The summed E-state index contributed by atoms with van der Waals surface area (Å²) in [5.74, 6) is 1.96. The van der Waals surface area contributed by atoms with Gasteiger partial charge in [-0.2, -0.15) is 0 Å². The summed E-state index contributed by atoms with van der Waals surface area (Å²) in [7, 11) is 0. The van der Waals surface area contributed by atoms with Gasteiger partial charge < -0.3 is 9.88 Å². The minimum absolute atomic E-state index is 0.823. The number of fused-ring (bicyclic) bond motifs is 1. The van der Waals surface area contributed by atoms with Crippen LogP contribution in [0.1, 0.15) is 41.9 Å². The molecule has 0 atom stereocenters. The highest BCUT2D eigenvalue weighted by Gasteiger charge is 2.15. The van der Waals surface area contributed by atoms with Crippen LogP contribution < -0.4 is 5.32 Å². The summed E-state index contributed by atoms with van der Waals surface area (Å²) in [5.41, 5.74) is 4.76. The molecule has 2 aromatic heterocycles. The third-order valence-corrected chi connectivity index (χ3v) is 6.54. The highest BCUT2D eigenvalue weighted by Crippen LogP contribution is 2.28. The van der Waals surface area contributed by atoms with Crippen LogP contribution in [-0.2, 0) is 18.7 Å². The number of aromatic nitrogens is 4. The molecule has 3 heterocycles. The van der Waals surface area contributed by atoms with Crippen LogP contribution in [0.3, 0.4) is 0 Å². The topological polar surface area (TPSA) is 55.6 Å². The molecule has 7 heteroatoms. The molecule has 0 unspecified atom stereocenters. The Bertz CT molecular complexity index is 899. The second-order valence-electron chi connectivity index (χ2n) is 6.72. The maximum Gasteiger partial charge on any atom is 0.191 e. The van der Waals surface area contributed by atoms with Crippen LogP contribution in [0.5, 0.6) is 0 Å². The van der Waals surface area contributed by atoms with Gasteiger partial charge in [0.05, 0.1) is 5.69 Å². The predicted molar refractivity (Wildman–Crippen MR) is 108 cm³/mol. The van der Waals surface area contributed by atoms with Crippen molar-refractivity contribution in [1.29, 1.82) is 0 Å². The summed E-state index contributed by atoms with van der Waals surface area (Å²) in [5, 5.41) is 16.2. The van der Waals surface area contributed by atoms with E-state index in [0.29, 0.717) is 0 Å². The maximum absolute atomic E-state index is 4.72. The first kappa shape index (κ1) is 17.5. The molecular formula is C19H23N5S2. The first-order chi connectivity index (χ1) is 12.7. The summed E-state index contributed by atoms with van der Waals surface area (Å²) in [6.45, 7) is 5.30. The molecule has 1 aliphatic heterocycles. The van der Waals surface area contributed by atoms with Gasteiger partial charge in [0.25, 0.3) is 0 Å².